The molecule has 9 heteroatoms. The van der Waals surface area contributed by atoms with Crippen LogP contribution in [-0.4, -0.2) is 43.5 Å². The highest BCUT2D eigenvalue weighted by atomic mass is 35.5. The molecule has 0 unspecified atom stereocenters. The Bertz CT molecular complexity index is 620. The van der Waals surface area contributed by atoms with E-state index in [-0.39, 0.29) is 10.6 Å². The molecule has 1 rings (SSSR count). The van der Waals surface area contributed by atoms with Gasteiger partial charge in [-0.2, -0.15) is 0 Å². The molecule has 0 aliphatic carbocycles. The van der Waals surface area contributed by atoms with Gasteiger partial charge < -0.3 is 15.4 Å². The van der Waals surface area contributed by atoms with Crippen LogP contribution in [0.3, 0.4) is 0 Å². The number of urea groups is 1. The van der Waals surface area contributed by atoms with Crippen molar-refractivity contribution in [2.75, 3.05) is 13.7 Å². The van der Waals surface area contributed by atoms with Crippen molar-refractivity contribution in [3.8, 4) is 0 Å². The lowest BCUT2D eigenvalue weighted by Gasteiger charge is -2.13. The number of ether oxygens (including phenoxy) is 1. The highest BCUT2D eigenvalue weighted by Gasteiger charge is 2.20. The zero-order chi connectivity index (χ0) is 17.4. The molecule has 3 N–H and O–H groups in total. The molecule has 0 fully saturated rings. The number of carbonyl (C=O) groups is 4. The fourth-order valence-corrected chi connectivity index (χ4v) is 1.69. The minimum absolute atomic E-state index is 0.214. The van der Waals surface area contributed by atoms with E-state index in [2.05, 4.69) is 10.6 Å². The molecule has 1 aromatic rings. The van der Waals surface area contributed by atoms with Gasteiger partial charge in [0.05, 0.1) is 10.6 Å². The van der Waals surface area contributed by atoms with Crippen molar-refractivity contribution in [2.45, 2.75) is 13.0 Å². The maximum absolute atomic E-state index is 12.0. The van der Waals surface area contributed by atoms with Gasteiger partial charge in [0.2, 0.25) is 0 Å². The number of amides is 4. The summed E-state index contributed by atoms with van der Waals surface area (Å²) in [6.45, 7) is 0.756. The molecule has 8 nitrogen and oxygen atoms in total. The molecule has 124 valence electrons. The largest absolute Gasteiger partial charge is 0.454 e. The fourth-order valence-electron chi connectivity index (χ4n) is 1.47. The normalized spacial score (nSPS) is 11.1. The molecule has 0 saturated carbocycles. The van der Waals surface area contributed by atoms with E-state index in [0.29, 0.717) is 0 Å². The number of rotatable bonds is 5. The zero-order valence-electron chi connectivity index (χ0n) is 12.5. The van der Waals surface area contributed by atoms with Crippen molar-refractivity contribution in [3.63, 3.8) is 0 Å². The second kappa shape index (κ2) is 8.74. The van der Waals surface area contributed by atoms with Crippen LogP contribution in [0.15, 0.2) is 24.3 Å². The maximum Gasteiger partial charge on any atom is 0.328 e. The molecule has 0 aliphatic heterocycles. The van der Waals surface area contributed by atoms with Gasteiger partial charge in [-0.1, -0.05) is 23.7 Å². The van der Waals surface area contributed by atoms with Crippen LogP contribution in [0.25, 0.3) is 0 Å². The molecule has 23 heavy (non-hydrogen) atoms. The summed E-state index contributed by atoms with van der Waals surface area (Å²) in [6, 6.07) is 4.64. The smallest absolute Gasteiger partial charge is 0.328 e. The summed E-state index contributed by atoms with van der Waals surface area (Å²) < 4.78 is 4.70. The number of hydrogen-bond acceptors (Lipinski definition) is 5. The van der Waals surface area contributed by atoms with Crippen LogP contribution in [0.4, 0.5) is 4.79 Å². The van der Waals surface area contributed by atoms with Gasteiger partial charge in [-0.05, 0) is 19.1 Å². The van der Waals surface area contributed by atoms with Crippen molar-refractivity contribution < 1.29 is 23.9 Å². The monoisotopic (exact) mass is 341 g/mol. The van der Waals surface area contributed by atoms with E-state index in [4.69, 9.17) is 16.3 Å². The topological polar surface area (TPSA) is 114 Å². The Kier molecular flexibility index (Phi) is 7.01. The third-order valence-electron chi connectivity index (χ3n) is 2.65. The van der Waals surface area contributed by atoms with Crippen molar-refractivity contribution >= 4 is 35.4 Å². The molecule has 0 aliphatic rings. The van der Waals surface area contributed by atoms with Crippen LogP contribution >= 0.6 is 11.6 Å². The SMILES string of the molecule is CNC(=O)NC(=O)COC(=O)[C@H](C)NC(=O)c1ccccc1Cl. The minimum Gasteiger partial charge on any atom is -0.454 e. The Morgan fingerprint density at radius 1 is 1.22 bits per heavy atom. The predicted molar refractivity (Wildman–Crippen MR) is 81.9 cm³/mol. The van der Waals surface area contributed by atoms with E-state index in [1.807, 2.05) is 5.32 Å². The second-order valence-electron chi connectivity index (χ2n) is 4.41. The standard InChI is InChI=1S/C14H16ClN3O5/c1-8(13(21)23-7-11(19)18-14(22)16-2)17-12(20)9-5-3-4-6-10(9)15/h3-6,8H,7H2,1-2H3,(H,17,20)(H2,16,18,19,22)/t8-/m0/s1. The van der Waals surface area contributed by atoms with Gasteiger partial charge in [0.15, 0.2) is 6.61 Å². The average Bonchev–Trinajstić information content (AvgIpc) is 2.52. The number of benzene rings is 1. The quantitative estimate of drug-likeness (QED) is 0.673. The van der Waals surface area contributed by atoms with Gasteiger partial charge in [0.1, 0.15) is 6.04 Å². The van der Waals surface area contributed by atoms with E-state index < -0.39 is 36.5 Å². The Morgan fingerprint density at radius 2 is 1.87 bits per heavy atom. The second-order valence-corrected chi connectivity index (χ2v) is 4.82. The van der Waals surface area contributed by atoms with E-state index >= 15 is 0 Å². The molecular weight excluding hydrogens is 326 g/mol. The number of carbonyl (C=O) groups excluding carboxylic acids is 4. The van der Waals surface area contributed by atoms with Gasteiger partial charge >= 0.3 is 12.0 Å². The van der Waals surface area contributed by atoms with E-state index in [1.165, 1.54) is 20.0 Å². The highest BCUT2D eigenvalue weighted by molar-refractivity contribution is 6.33. The Labute approximate surface area is 137 Å². The Balaban J connectivity index is 2.48. The summed E-state index contributed by atoms with van der Waals surface area (Å²) in [7, 11) is 1.33. The summed E-state index contributed by atoms with van der Waals surface area (Å²) >= 11 is 5.88. The first-order chi connectivity index (χ1) is 10.8. The van der Waals surface area contributed by atoms with Crippen molar-refractivity contribution in [1.29, 1.82) is 0 Å². The molecule has 4 amide bonds. The first-order valence-corrected chi connectivity index (χ1v) is 6.96. The minimum atomic E-state index is -0.994. The van der Waals surface area contributed by atoms with Crippen LogP contribution < -0.4 is 16.0 Å². The van der Waals surface area contributed by atoms with Crippen LogP contribution in [-0.2, 0) is 14.3 Å². The zero-order valence-corrected chi connectivity index (χ0v) is 13.3. The van der Waals surface area contributed by atoms with Crippen LogP contribution in [0, 0.1) is 0 Å². The lowest BCUT2D eigenvalue weighted by Crippen LogP contribution is -2.43. The van der Waals surface area contributed by atoms with Crippen LogP contribution in [0.2, 0.25) is 5.02 Å². The Morgan fingerprint density at radius 3 is 2.48 bits per heavy atom. The van der Waals surface area contributed by atoms with Gasteiger partial charge in [0.25, 0.3) is 11.8 Å². The van der Waals surface area contributed by atoms with Crippen molar-refractivity contribution in [3.05, 3.63) is 34.9 Å². The third kappa shape index (κ3) is 5.95. The van der Waals surface area contributed by atoms with Gasteiger partial charge in [-0.25, -0.2) is 9.59 Å². The summed E-state index contributed by atoms with van der Waals surface area (Å²) in [5, 5.41) is 6.75. The van der Waals surface area contributed by atoms with Gasteiger partial charge in [0, 0.05) is 7.05 Å². The van der Waals surface area contributed by atoms with E-state index in [9.17, 15) is 19.2 Å². The van der Waals surface area contributed by atoms with E-state index in [1.54, 1.807) is 18.2 Å². The lowest BCUT2D eigenvalue weighted by atomic mass is 10.2. The molecular formula is C14H16ClN3O5. The fraction of sp³-hybridized carbons (Fsp3) is 0.286. The summed E-state index contributed by atoms with van der Waals surface area (Å²) in [5.41, 5.74) is 0.214. The van der Waals surface area contributed by atoms with Crippen molar-refractivity contribution in [2.24, 2.45) is 0 Å². The molecule has 0 bridgehead atoms. The summed E-state index contributed by atoms with van der Waals surface area (Å²) in [5.74, 6) is -2.16. The number of imide groups is 1. The maximum atomic E-state index is 12.0. The Hall–Kier alpha value is -2.61. The molecule has 0 radical (unpaired) electrons. The van der Waals surface area contributed by atoms with Gasteiger partial charge in [-0.3, -0.25) is 14.9 Å². The molecule has 0 spiro atoms. The molecule has 0 aromatic heterocycles. The third-order valence-corrected chi connectivity index (χ3v) is 2.97. The average molecular weight is 342 g/mol. The van der Waals surface area contributed by atoms with Crippen LogP contribution in [0.5, 0.6) is 0 Å². The lowest BCUT2D eigenvalue weighted by molar-refractivity contribution is -0.149. The molecule has 0 saturated heterocycles. The van der Waals surface area contributed by atoms with Crippen molar-refractivity contribution in [1.82, 2.24) is 16.0 Å². The van der Waals surface area contributed by atoms with Crippen LogP contribution in [0.1, 0.15) is 17.3 Å². The molecule has 0 heterocycles. The van der Waals surface area contributed by atoms with E-state index in [0.717, 1.165) is 0 Å². The highest BCUT2D eigenvalue weighted by Crippen LogP contribution is 2.14. The number of esters is 1. The first-order valence-electron chi connectivity index (χ1n) is 6.58. The summed E-state index contributed by atoms with van der Waals surface area (Å²) in [4.78, 5) is 45.8. The molecule has 1 atom stereocenters. The molecule has 1 aromatic carbocycles. The first kappa shape index (κ1) is 18.4. The number of hydrogen-bond donors (Lipinski definition) is 3. The predicted octanol–water partition coefficient (Wildman–Crippen LogP) is 0.457. The number of halogens is 1. The van der Waals surface area contributed by atoms with Gasteiger partial charge in [-0.15, -0.1) is 0 Å². The summed E-state index contributed by atoms with van der Waals surface area (Å²) in [6.07, 6.45) is 0. The number of nitrogens with one attached hydrogen (secondary N) is 3.